The van der Waals surface area contributed by atoms with Gasteiger partial charge in [0, 0.05) is 13.1 Å². The van der Waals surface area contributed by atoms with E-state index in [2.05, 4.69) is 17.6 Å². The summed E-state index contributed by atoms with van der Waals surface area (Å²) in [4.78, 5) is 12.2. The van der Waals surface area contributed by atoms with Gasteiger partial charge in [-0.25, -0.2) is 0 Å². The van der Waals surface area contributed by atoms with E-state index in [0.717, 1.165) is 24.2 Å². The second-order valence-electron chi connectivity index (χ2n) is 5.05. The summed E-state index contributed by atoms with van der Waals surface area (Å²) in [5.41, 5.74) is 1.76. The van der Waals surface area contributed by atoms with Gasteiger partial charge in [0.2, 0.25) is 5.91 Å². The smallest absolute Gasteiger partial charge is 0.230 e. The van der Waals surface area contributed by atoms with Crippen LogP contribution in [0.5, 0.6) is 0 Å². The van der Waals surface area contributed by atoms with Crippen molar-refractivity contribution in [2.75, 3.05) is 19.6 Å². The maximum absolute atomic E-state index is 12.2. The van der Waals surface area contributed by atoms with Crippen LogP contribution in [0.1, 0.15) is 31.9 Å². The average molecular weight is 285 g/mol. The van der Waals surface area contributed by atoms with Crippen LogP contribution in [0.15, 0.2) is 24.3 Å². The minimum Gasteiger partial charge on any atom is -0.354 e. The lowest BCUT2D eigenvalue weighted by Crippen LogP contribution is -2.43. The number of nitrogens with one attached hydrogen (secondary N) is 2. The van der Waals surface area contributed by atoms with Gasteiger partial charge >= 0.3 is 0 Å². The molecule has 0 saturated carbocycles. The number of hydrogen-bond acceptors (Lipinski definition) is 2. The van der Waals surface area contributed by atoms with Crippen LogP contribution in [0.4, 0.5) is 0 Å². The number of halogens is 1. The van der Waals surface area contributed by atoms with E-state index in [1.54, 1.807) is 0 Å². The van der Waals surface area contributed by atoms with E-state index in [1.165, 1.54) is 0 Å². The Hall–Kier alpha value is -1.06. The Balaban J connectivity index is 0.00000324. The van der Waals surface area contributed by atoms with Crippen molar-refractivity contribution in [3.8, 4) is 0 Å². The van der Waals surface area contributed by atoms with Crippen LogP contribution in [0, 0.1) is 6.92 Å². The van der Waals surface area contributed by atoms with Gasteiger partial charge in [-0.15, -0.1) is 12.4 Å². The van der Waals surface area contributed by atoms with Gasteiger partial charge in [0.25, 0.3) is 0 Å². The quantitative estimate of drug-likeness (QED) is 0.788. The van der Waals surface area contributed by atoms with Crippen LogP contribution in [0.2, 0.25) is 0 Å². The van der Waals surface area contributed by atoms with Crippen LogP contribution < -0.4 is 10.6 Å². The zero-order valence-electron chi connectivity index (χ0n) is 12.2. The Morgan fingerprint density at radius 3 is 2.42 bits per heavy atom. The molecule has 0 aliphatic carbocycles. The topological polar surface area (TPSA) is 41.1 Å². The average Bonchev–Trinajstić information content (AvgIpc) is 2.34. The van der Waals surface area contributed by atoms with E-state index in [9.17, 15) is 4.79 Å². The number of rotatable bonds is 6. The van der Waals surface area contributed by atoms with E-state index < -0.39 is 5.41 Å². The molecular weight excluding hydrogens is 260 g/mol. The third-order valence-corrected chi connectivity index (χ3v) is 3.22. The van der Waals surface area contributed by atoms with E-state index in [0.29, 0.717) is 6.54 Å². The van der Waals surface area contributed by atoms with E-state index in [1.807, 2.05) is 45.0 Å². The predicted octanol–water partition coefficient (Wildman–Crippen LogP) is 2.42. The fourth-order valence-electron chi connectivity index (χ4n) is 2.06. The summed E-state index contributed by atoms with van der Waals surface area (Å²) < 4.78 is 0. The van der Waals surface area contributed by atoms with Gasteiger partial charge in [0.15, 0.2) is 0 Å². The van der Waals surface area contributed by atoms with Gasteiger partial charge < -0.3 is 10.6 Å². The Bertz CT molecular complexity index is 405. The van der Waals surface area contributed by atoms with E-state index >= 15 is 0 Å². The number of amides is 1. The molecule has 108 valence electrons. The summed E-state index contributed by atoms with van der Waals surface area (Å²) in [5, 5.41) is 6.17. The molecular formula is C15H25ClN2O. The number of carbonyl (C=O) groups excluding carboxylic acids is 1. The van der Waals surface area contributed by atoms with Crippen molar-refractivity contribution in [3.05, 3.63) is 35.4 Å². The third-order valence-electron chi connectivity index (χ3n) is 3.22. The fraction of sp³-hybridized carbons (Fsp3) is 0.533. The highest BCUT2D eigenvalue weighted by Gasteiger charge is 2.30. The van der Waals surface area contributed by atoms with Crippen molar-refractivity contribution in [3.63, 3.8) is 0 Å². The molecule has 0 spiro atoms. The summed E-state index contributed by atoms with van der Waals surface area (Å²) in [5.74, 6) is 0.0784. The first-order chi connectivity index (χ1) is 8.50. The van der Waals surface area contributed by atoms with Gasteiger partial charge in [0.05, 0.1) is 5.41 Å². The zero-order chi connectivity index (χ0) is 13.6. The first-order valence-electron chi connectivity index (χ1n) is 6.55. The number of benzene rings is 1. The Morgan fingerprint density at radius 1 is 1.21 bits per heavy atom. The highest BCUT2D eigenvalue weighted by atomic mass is 35.5. The second-order valence-corrected chi connectivity index (χ2v) is 5.05. The summed E-state index contributed by atoms with van der Waals surface area (Å²) in [6, 6.07) is 8.05. The maximum atomic E-state index is 12.2. The van der Waals surface area contributed by atoms with Gasteiger partial charge in [0.1, 0.15) is 0 Å². The number of hydrogen-bond donors (Lipinski definition) is 2. The Labute approximate surface area is 122 Å². The first-order valence-corrected chi connectivity index (χ1v) is 6.55. The standard InChI is InChI=1S/C15H24N2O.ClH/c1-5-16-10-11-17-14(18)15(3,4)13-9-7-6-8-12(13)2;/h6-9,16H,5,10-11H2,1-4H3,(H,17,18);1H. The normalized spacial score (nSPS) is 10.7. The van der Waals surface area contributed by atoms with Crippen molar-refractivity contribution >= 4 is 18.3 Å². The minimum atomic E-state index is -0.489. The van der Waals surface area contributed by atoms with Crippen molar-refractivity contribution in [2.24, 2.45) is 0 Å². The van der Waals surface area contributed by atoms with E-state index in [4.69, 9.17) is 0 Å². The molecule has 0 atom stereocenters. The highest BCUT2D eigenvalue weighted by Crippen LogP contribution is 2.26. The van der Waals surface area contributed by atoms with Crippen molar-refractivity contribution < 1.29 is 4.79 Å². The first kappa shape index (κ1) is 17.9. The van der Waals surface area contributed by atoms with Crippen LogP contribution >= 0.6 is 12.4 Å². The Morgan fingerprint density at radius 2 is 1.84 bits per heavy atom. The van der Waals surface area contributed by atoms with Crippen LogP contribution in [-0.4, -0.2) is 25.5 Å². The summed E-state index contributed by atoms with van der Waals surface area (Å²) in [6.07, 6.45) is 0. The maximum Gasteiger partial charge on any atom is 0.230 e. The van der Waals surface area contributed by atoms with Crippen LogP contribution in [0.3, 0.4) is 0 Å². The summed E-state index contributed by atoms with van der Waals surface area (Å²) in [7, 11) is 0. The molecule has 0 fully saturated rings. The largest absolute Gasteiger partial charge is 0.354 e. The molecule has 2 N–H and O–H groups in total. The lowest BCUT2D eigenvalue weighted by molar-refractivity contribution is -0.125. The lowest BCUT2D eigenvalue weighted by Gasteiger charge is -2.26. The van der Waals surface area contributed by atoms with Crippen LogP contribution in [0.25, 0.3) is 0 Å². The second kappa shape index (κ2) is 8.18. The molecule has 0 bridgehead atoms. The molecule has 1 rings (SSSR count). The van der Waals surface area contributed by atoms with Crippen molar-refractivity contribution in [2.45, 2.75) is 33.1 Å². The number of carbonyl (C=O) groups is 1. The third kappa shape index (κ3) is 4.84. The predicted molar refractivity (Wildman–Crippen MR) is 83.0 cm³/mol. The lowest BCUT2D eigenvalue weighted by atomic mass is 9.81. The molecule has 0 saturated heterocycles. The molecule has 4 heteroatoms. The SMILES string of the molecule is CCNCCNC(=O)C(C)(C)c1ccccc1C.Cl. The van der Waals surface area contributed by atoms with Gasteiger partial charge in [-0.3, -0.25) is 4.79 Å². The van der Waals surface area contributed by atoms with Crippen LogP contribution in [-0.2, 0) is 10.2 Å². The monoisotopic (exact) mass is 284 g/mol. The Kier molecular flexibility index (Phi) is 7.72. The fourth-order valence-corrected chi connectivity index (χ4v) is 2.06. The molecule has 0 aromatic heterocycles. The molecule has 19 heavy (non-hydrogen) atoms. The highest BCUT2D eigenvalue weighted by molar-refractivity contribution is 5.87. The van der Waals surface area contributed by atoms with Gasteiger partial charge in [-0.2, -0.15) is 0 Å². The molecule has 3 nitrogen and oxygen atoms in total. The minimum absolute atomic E-state index is 0. The molecule has 1 aromatic rings. The van der Waals surface area contributed by atoms with Crippen molar-refractivity contribution in [1.82, 2.24) is 10.6 Å². The molecule has 0 heterocycles. The molecule has 0 radical (unpaired) electrons. The number of aryl methyl sites for hydroxylation is 1. The van der Waals surface area contributed by atoms with Gasteiger partial charge in [-0.05, 0) is 38.4 Å². The van der Waals surface area contributed by atoms with Gasteiger partial charge in [-0.1, -0.05) is 31.2 Å². The molecule has 1 amide bonds. The summed E-state index contributed by atoms with van der Waals surface area (Å²) >= 11 is 0. The summed E-state index contributed by atoms with van der Waals surface area (Å²) in [6.45, 7) is 10.4. The molecule has 0 unspecified atom stereocenters. The molecule has 1 aromatic carbocycles. The number of likely N-dealkylation sites (N-methyl/N-ethyl adjacent to an activating group) is 1. The molecule has 0 aliphatic heterocycles. The van der Waals surface area contributed by atoms with E-state index in [-0.39, 0.29) is 18.3 Å². The zero-order valence-corrected chi connectivity index (χ0v) is 13.1. The molecule has 0 aliphatic rings. The van der Waals surface area contributed by atoms with Crippen molar-refractivity contribution in [1.29, 1.82) is 0 Å².